The Bertz CT molecular complexity index is 525. The lowest BCUT2D eigenvalue weighted by Gasteiger charge is -2.37. The van der Waals surface area contributed by atoms with Crippen LogP contribution in [0.4, 0.5) is 13.2 Å². The Morgan fingerprint density at radius 1 is 1.12 bits per heavy atom. The van der Waals surface area contributed by atoms with Gasteiger partial charge in [0.15, 0.2) is 8.32 Å². The first-order valence-electron chi connectivity index (χ1n) is 8.79. The first-order valence-corrected chi connectivity index (χ1v) is 11.3. The van der Waals surface area contributed by atoms with Crippen LogP contribution in [0.5, 0.6) is 0 Å². The summed E-state index contributed by atoms with van der Waals surface area (Å²) < 4.78 is 50.8. The largest absolute Gasteiger partial charge is 0.407 e. The lowest BCUT2D eigenvalue weighted by atomic mass is 9.96. The van der Waals surface area contributed by atoms with Crippen LogP contribution in [0.15, 0.2) is 18.2 Å². The highest BCUT2D eigenvalue weighted by atomic mass is 28.4. The Morgan fingerprint density at radius 3 is 2.08 bits per heavy atom. The number of nitrogens with two attached hydrogens (primary N) is 1. The smallest absolute Gasteiger partial charge is 0.300 e. The fourth-order valence-corrected chi connectivity index (χ4v) is 5.97. The van der Waals surface area contributed by atoms with Crippen molar-refractivity contribution in [3.63, 3.8) is 0 Å². The molecule has 0 aliphatic heterocycles. The predicted molar refractivity (Wildman–Crippen MR) is 95.3 cm³/mol. The van der Waals surface area contributed by atoms with Gasteiger partial charge < -0.3 is 10.2 Å². The van der Waals surface area contributed by atoms with Gasteiger partial charge in [-0.1, -0.05) is 39.8 Å². The zero-order valence-electron chi connectivity index (χ0n) is 15.3. The molecule has 0 spiro atoms. The molecule has 1 aromatic rings. The molecule has 0 radical (unpaired) electrons. The number of halogens is 3. The van der Waals surface area contributed by atoms with Gasteiger partial charge in [0, 0.05) is 11.6 Å². The quantitative estimate of drug-likeness (QED) is 0.569. The number of benzene rings is 1. The molecule has 2 atom stereocenters. The van der Waals surface area contributed by atoms with Crippen molar-refractivity contribution in [1.29, 1.82) is 0 Å². The van der Waals surface area contributed by atoms with Crippen LogP contribution < -0.4 is 5.73 Å². The Balaban J connectivity index is 3.27. The summed E-state index contributed by atoms with van der Waals surface area (Å²) in [6.45, 7) is 9.20. The van der Waals surface area contributed by atoms with Gasteiger partial charge in [-0.2, -0.15) is 8.78 Å². The van der Waals surface area contributed by atoms with E-state index in [9.17, 15) is 4.39 Å². The van der Waals surface area contributed by atoms with Crippen LogP contribution >= 0.6 is 0 Å². The van der Waals surface area contributed by atoms with E-state index in [0.29, 0.717) is 0 Å². The van der Waals surface area contributed by atoms with E-state index >= 15 is 8.78 Å². The van der Waals surface area contributed by atoms with Crippen molar-refractivity contribution in [2.75, 3.05) is 0 Å². The lowest BCUT2D eigenvalue weighted by molar-refractivity contribution is -0.110. The van der Waals surface area contributed by atoms with Crippen LogP contribution in [-0.2, 0) is 10.3 Å². The highest BCUT2D eigenvalue weighted by Crippen LogP contribution is 2.40. The van der Waals surface area contributed by atoms with Crippen LogP contribution in [0.2, 0.25) is 18.1 Å². The summed E-state index contributed by atoms with van der Waals surface area (Å²) >= 11 is 0. The van der Waals surface area contributed by atoms with Gasteiger partial charge in [-0.05, 0) is 37.5 Å². The van der Waals surface area contributed by atoms with Gasteiger partial charge in [0.25, 0.3) is 5.92 Å². The maximum Gasteiger partial charge on any atom is 0.300 e. The summed E-state index contributed by atoms with van der Waals surface area (Å²) in [5, 5.41) is 0. The molecule has 0 aliphatic carbocycles. The second kappa shape index (κ2) is 8.49. The first-order chi connectivity index (χ1) is 11.2. The van der Waals surface area contributed by atoms with Gasteiger partial charge in [0.05, 0.1) is 5.56 Å². The normalized spacial score (nSPS) is 15.4. The summed E-state index contributed by atoms with van der Waals surface area (Å²) in [7, 11) is -2.22. The molecule has 2 N–H and O–H groups in total. The summed E-state index contributed by atoms with van der Waals surface area (Å²) in [6, 6.07) is 5.70. The van der Waals surface area contributed by atoms with Crippen LogP contribution in [-0.4, -0.2) is 14.4 Å². The molecule has 0 aliphatic rings. The second-order valence-corrected chi connectivity index (χ2v) is 11.1. The van der Waals surface area contributed by atoms with Gasteiger partial charge >= 0.3 is 0 Å². The highest BCUT2D eigenvalue weighted by molar-refractivity contribution is 6.73. The zero-order chi connectivity index (χ0) is 18.5. The van der Waals surface area contributed by atoms with Crippen molar-refractivity contribution in [3.8, 4) is 0 Å². The standard InChI is InChI=1S/C18H30F3NOSi/c1-6-16(23-24(7-2,8-3)9-4)18(20,21)15-12-10-11-14(13(5)22)17(15)19/h10-13,16H,6-9,22H2,1-5H3/t13-,16?/m1/s1. The number of hydrogen-bond acceptors (Lipinski definition) is 2. The summed E-state index contributed by atoms with van der Waals surface area (Å²) in [6.07, 6.45) is -1.19. The molecular weight excluding hydrogens is 331 g/mol. The predicted octanol–water partition coefficient (Wildman–Crippen LogP) is 5.74. The van der Waals surface area contributed by atoms with E-state index in [1.165, 1.54) is 12.1 Å². The molecule has 1 unspecified atom stereocenters. The number of alkyl halides is 2. The Morgan fingerprint density at radius 2 is 1.67 bits per heavy atom. The van der Waals surface area contributed by atoms with E-state index in [-0.39, 0.29) is 12.0 Å². The molecule has 6 heteroatoms. The SMILES string of the molecule is CCC(O[Si](CC)(CC)CC)C(F)(F)c1cccc([C@@H](C)N)c1F. The van der Waals surface area contributed by atoms with Crippen LogP contribution in [0.1, 0.15) is 58.2 Å². The van der Waals surface area contributed by atoms with E-state index in [4.69, 9.17) is 10.2 Å². The van der Waals surface area contributed by atoms with Gasteiger partial charge in [-0.3, -0.25) is 0 Å². The number of hydrogen-bond donors (Lipinski definition) is 1. The maximum absolute atomic E-state index is 15.1. The minimum absolute atomic E-state index is 0.104. The summed E-state index contributed by atoms with van der Waals surface area (Å²) in [5.74, 6) is -4.31. The third-order valence-electron chi connectivity index (χ3n) is 4.98. The molecule has 0 saturated heterocycles. The minimum Gasteiger partial charge on any atom is -0.407 e. The van der Waals surface area contributed by atoms with Crippen molar-refractivity contribution in [1.82, 2.24) is 0 Å². The third kappa shape index (κ3) is 4.21. The molecule has 0 heterocycles. The van der Waals surface area contributed by atoms with Gasteiger partial charge in [-0.15, -0.1) is 0 Å². The fraction of sp³-hybridized carbons (Fsp3) is 0.667. The van der Waals surface area contributed by atoms with E-state index < -0.39 is 37.8 Å². The average molecular weight is 362 g/mol. The molecule has 0 bridgehead atoms. The molecule has 24 heavy (non-hydrogen) atoms. The average Bonchev–Trinajstić information content (AvgIpc) is 2.56. The minimum atomic E-state index is -3.39. The van der Waals surface area contributed by atoms with Crippen LogP contribution in [0, 0.1) is 5.82 Å². The molecule has 138 valence electrons. The lowest BCUT2D eigenvalue weighted by Crippen LogP contribution is -2.46. The first kappa shape index (κ1) is 21.2. The third-order valence-corrected chi connectivity index (χ3v) is 9.63. The second-order valence-electron chi connectivity index (χ2n) is 6.38. The highest BCUT2D eigenvalue weighted by Gasteiger charge is 2.47. The molecule has 0 amide bonds. The number of rotatable bonds is 9. The zero-order valence-corrected chi connectivity index (χ0v) is 16.3. The Hall–Kier alpha value is -0.853. The van der Waals surface area contributed by atoms with Crippen LogP contribution in [0.25, 0.3) is 0 Å². The monoisotopic (exact) mass is 361 g/mol. The van der Waals surface area contributed by atoms with Gasteiger partial charge in [0.2, 0.25) is 0 Å². The molecule has 1 aromatic carbocycles. The van der Waals surface area contributed by atoms with Crippen molar-refractivity contribution in [2.45, 2.75) is 77.2 Å². The Kier molecular flexibility index (Phi) is 7.50. The van der Waals surface area contributed by atoms with Crippen molar-refractivity contribution in [2.24, 2.45) is 5.73 Å². The molecule has 0 fully saturated rings. The van der Waals surface area contributed by atoms with Crippen molar-refractivity contribution < 1.29 is 17.6 Å². The maximum atomic E-state index is 15.1. The molecule has 2 nitrogen and oxygen atoms in total. The van der Waals surface area contributed by atoms with Crippen molar-refractivity contribution in [3.05, 3.63) is 35.1 Å². The Labute approximate surface area is 144 Å². The van der Waals surface area contributed by atoms with Crippen molar-refractivity contribution >= 4 is 8.32 Å². The summed E-state index contributed by atoms with van der Waals surface area (Å²) in [5.41, 5.74) is 5.18. The van der Waals surface area contributed by atoms with Gasteiger partial charge in [0.1, 0.15) is 11.9 Å². The van der Waals surface area contributed by atoms with E-state index in [0.717, 1.165) is 24.2 Å². The fourth-order valence-electron chi connectivity index (χ4n) is 3.05. The molecule has 0 saturated carbocycles. The summed E-state index contributed by atoms with van der Waals surface area (Å²) in [4.78, 5) is 0. The topological polar surface area (TPSA) is 35.2 Å². The molecule has 1 rings (SSSR count). The molecular formula is C18H30F3NOSi. The van der Waals surface area contributed by atoms with Gasteiger partial charge in [-0.25, -0.2) is 4.39 Å². The molecule has 0 aromatic heterocycles. The van der Waals surface area contributed by atoms with E-state index in [1.54, 1.807) is 13.8 Å². The van der Waals surface area contributed by atoms with E-state index in [2.05, 4.69) is 0 Å². The van der Waals surface area contributed by atoms with E-state index in [1.807, 2.05) is 20.8 Å². The van der Waals surface area contributed by atoms with Crippen LogP contribution in [0.3, 0.4) is 0 Å².